The summed E-state index contributed by atoms with van der Waals surface area (Å²) in [6.45, 7) is 1.82. The van der Waals surface area contributed by atoms with Crippen LogP contribution in [0.25, 0.3) is 0 Å². The van der Waals surface area contributed by atoms with Crippen molar-refractivity contribution in [2.45, 2.75) is 6.92 Å². The zero-order valence-electron chi connectivity index (χ0n) is 9.08. The van der Waals surface area contributed by atoms with E-state index in [2.05, 4.69) is 52.5 Å². The van der Waals surface area contributed by atoms with Crippen molar-refractivity contribution in [2.75, 3.05) is 5.32 Å². The van der Waals surface area contributed by atoms with Crippen molar-refractivity contribution in [1.29, 1.82) is 0 Å². The van der Waals surface area contributed by atoms with Crippen molar-refractivity contribution in [3.05, 3.63) is 26.7 Å². The molecule has 17 heavy (non-hydrogen) atoms. The first-order chi connectivity index (χ1) is 7.99. The number of nitrogens with zero attached hydrogens (tertiary/aromatic N) is 3. The smallest absolute Gasteiger partial charge is 0.277 e. The molecule has 2 heterocycles. The number of rotatable bonds is 2. The van der Waals surface area contributed by atoms with Crippen LogP contribution in [0.3, 0.4) is 0 Å². The Balaban J connectivity index is 2.23. The molecule has 2 aromatic rings. The van der Waals surface area contributed by atoms with E-state index in [1.807, 2.05) is 6.92 Å². The molecule has 0 aliphatic rings. The Morgan fingerprint density at radius 2 is 2.24 bits per heavy atom. The van der Waals surface area contributed by atoms with E-state index < -0.39 is 0 Å². The number of hydrogen-bond donors (Lipinski definition) is 2. The molecule has 0 spiro atoms. The van der Waals surface area contributed by atoms with Gasteiger partial charge in [-0.15, -0.1) is 0 Å². The monoisotopic (exact) mass is 361 g/mol. The number of hydrogen-bond acceptors (Lipinski definition) is 3. The van der Waals surface area contributed by atoms with Crippen molar-refractivity contribution in [1.82, 2.24) is 20.0 Å². The molecule has 0 fully saturated rings. The maximum atomic E-state index is 11.9. The molecule has 2 N–H and O–H groups in total. The van der Waals surface area contributed by atoms with E-state index in [9.17, 15) is 4.79 Å². The average Bonchev–Trinajstić information content (AvgIpc) is 2.73. The Morgan fingerprint density at radius 3 is 2.71 bits per heavy atom. The second-order valence-corrected chi connectivity index (χ2v) is 5.04. The van der Waals surface area contributed by atoms with Gasteiger partial charge in [0.05, 0.1) is 15.9 Å². The lowest BCUT2D eigenvalue weighted by molar-refractivity contribution is 0.102. The minimum Gasteiger partial charge on any atom is -0.318 e. The number of H-pyrrole nitrogens is 1. The number of carbonyl (C=O) groups is 1. The quantitative estimate of drug-likeness (QED) is 0.860. The summed E-state index contributed by atoms with van der Waals surface area (Å²) in [5.74, 6) is -0.296. The summed E-state index contributed by atoms with van der Waals surface area (Å²) in [7, 11) is 1.80. The molecule has 0 atom stereocenters. The highest BCUT2D eigenvalue weighted by atomic mass is 79.9. The molecule has 8 heteroatoms. The molecular weight excluding hydrogens is 354 g/mol. The minimum atomic E-state index is -0.296. The van der Waals surface area contributed by atoms with Gasteiger partial charge in [-0.25, -0.2) is 0 Å². The van der Waals surface area contributed by atoms with Crippen molar-refractivity contribution in [2.24, 2.45) is 7.05 Å². The third kappa shape index (κ3) is 2.42. The van der Waals surface area contributed by atoms with E-state index >= 15 is 0 Å². The summed E-state index contributed by atoms with van der Waals surface area (Å²) in [5, 5.41) is 13.4. The summed E-state index contributed by atoms with van der Waals surface area (Å²) < 4.78 is 2.86. The molecule has 0 bridgehead atoms. The first-order valence-electron chi connectivity index (χ1n) is 4.70. The standard InChI is InChI=1S/C9H9Br2N5O/c1-4-5(3-16(2)15-4)12-9(17)7-6(10)8(11)14-13-7/h3H,1-2H3,(H,12,17)(H,13,14). The lowest BCUT2D eigenvalue weighted by atomic mass is 10.3. The number of halogens is 2. The van der Waals surface area contributed by atoms with Crippen LogP contribution in [0.2, 0.25) is 0 Å². The summed E-state index contributed by atoms with van der Waals surface area (Å²) in [4.78, 5) is 11.9. The summed E-state index contributed by atoms with van der Waals surface area (Å²) >= 11 is 6.49. The molecule has 2 rings (SSSR count). The minimum absolute atomic E-state index is 0.292. The molecule has 2 aromatic heterocycles. The molecule has 0 radical (unpaired) electrons. The van der Waals surface area contributed by atoms with Gasteiger partial charge in [-0.3, -0.25) is 14.6 Å². The molecule has 0 aliphatic heterocycles. The van der Waals surface area contributed by atoms with Crippen LogP contribution in [0.1, 0.15) is 16.2 Å². The highest BCUT2D eigenvalue weighted by molar-refractivity contribution is 9.13. The van der Waals surface area contributed by atoms with Crippen LogP contribution in [0.4, 0.5) is 5.69 Å². The van der Waals surface area contributed by atoms with Crippen LogP contribution >= 0.6 is 31.9 Å². The van der Waals surface area contributed by atoms with E-state index in [-0.39, 0.29) is 5.91 Å². The van der Waals surface area contributed by atoms with E-state index in [4.69, 9.17) is 0 Å². The fourth-order valence-electron chi connectivity index (χ4n) is 1.36. The van der Waals surface area contributed by atoms with E-state index in [0.717, 1.165) is 5.69 Å². The van der Waals surface area contributed by atoms with Crippen molar-refractivity contribution >= 4 is 43.5 Å². The first-order valence-corrected chi connectivity index (χ1v) is 6.28. The molecule has 6 nitrogen and oxygen atoms in total. The van der Waals surface area contributed by atoms with Crippen LogP contribution in [0.5, 0.6) is 0 Å². The summed E-state index contributed by atoms with van der Waals surface area (Å²) in [6.07, 6.45) is 1.74. The number of aryl methyl sites for hydroxylation is 2. The van der Waals surface area contributed by atoms with Crippen LogP contribution in [-0.2, 0) is 7.05 Å². The molecule has 90 valence electrons. The average molecular weight is 363 g/mol. The summed E-state index contributed by atoms with van der Waals surface area (Å²) in [5.41, 5.74) is 1.72. The number of aromatic amines is 1. The number of anilines is 1. The molecule has 1 amide bonds. The fraction of sp³-hybridized carbons (Fsp3) is 0.222. The fourth-order valence-corrected chi connectivity index (χ4v) is 2.00. The highest BCUT2D eigenvalue weighted by Crippen LogP contribution is 2.24. The van der Waals surface area contributed by atoms with Crippen molar-refractivity contribution in [3.8, 4) is 0 Å². The number of nitrogens with one attached hydrogen (secondary N) is 2. The van der Waals surface area contributed by atoms with Gasteiger partial charge in [0.15, 0.2) is 5.69 Å². The second kappa shape index (κ2) is 4.61. The van der Waals surface area contributed by atoms with E-state index in [1.54, 1.807) is 17.9 Å². The number of amides is 1. The predicted octanol–water partition coefficient (Wildman–Crippen LogP) is 2.23. The third-order valence-electron chi connectivity index (χ3n) is 2.14. The lowest BCUT2D eigenvalue weighted by Gasteiger charge is -2.00. The molecule has 0 saturated heterocycles. The van der Waals surface area contributed by atoms with Crippen LogP contribution < -0.4 is 5.32 Å². The van der Waals surface area contributed by atoms with Gasteiger partial charge in [-0.1, -0.05) is 0 Å². The third-order valence-corrected chi connectivity index (χ3v) is 4.02. The Morgan fingerprint density at radius 1 is 1.53 bits per heavy atom. The van der Waals surface area contributed by atoms with Gasteiger partial charge in [0, 0.05) is 13.2 Å². The second-order valence-electron chi connectivity index (χ2n) is 3.46. The number of carbonyl (C=O) groups excluding carboxylic acids is 1. The number of aromatic nitrogens is 4. The molecule has 0 unspecified atom stereocenters. The zero-order chi connectivity index (χ0) is 12.6. The molecule has 0 aromatic carbocycles. The largest absolute Gasteiger partial charge is 0.318 e. The van der Waals surface area contributed by atoms with E-state index in [1.165, 1.54) is 0 Å². The Kier molecular flexibility index (Phi) is 3.34. The van der Waals surface area contributed by atoms with E-state index in [0.29, 0.717) is 20.5 Å². The van der Waals surface area contributed by atoms with Crippen LogP contribution in [0, 0.1) is 6.92 Å². The first kappa shape index (κ1) is 12.3. The maximum Gasteiger partial charge on any atom is 0.277 e. The molecule has 0 saturated carbocycles. The molecular formula is C9H9Br2N5O. The normalized spacial score (nSPS) is 10.6. The Bertz CT molecular complexity index is 574. The Labute approximate surface area is 114 Å². The van der Waals surface area contributed by atoms with Crippen LogP contribution in [-0.4, -0.2) is 25.9 Å². The molecule has 0 aliphatic carbocycles. The van der Waals surface area contributed by atoms with Gasteiger partial charge in [-0.05, 0) is 38.8 Å². The van der Waals surface area contributed by atoms with Gasteiger partial charge in [0.25, 0.3) is 5.91 Å². The maximum absolute atomic E-state index is 11.9. The van der Waals surface area contributed by atoms with Gasteiger partial charge in [0.2, 0.25) is 0 Å². The highest BCUT2D eigenvalue weighted by Gasteiger charge is 2.17. The lowest BCUT2D eigenvalue weighted by Crippen LogP contribution is -2.13. The Hall–Kier alpha value is -1.15. The van der Waals surface area contributed by atoms with Crippen molar-refractivity contribution < 1.29 is 4.79 Å². The SMILES string of the molecule is Cc1nn(C)cc1NC(=O)c1n[nH]c(Br)c1Br. The zero-order valence-corrected chi connectivity index (χ0v) is 12.3. The van der Waals surface area contributed by atoms with Gasteiger partial charge in [0.1, 0.15) is 4.60 Å². The summed E-state index contributed by atoms with van der Waals surface area (Å²) in [6, 6.07) is 0. The van der Waals surface area contributed by atoms with Gasteiger partial charge < -0.3 is 5.32 Å². The van der Waals surface area contributed by atoms with Crippen LogP contribution in [0.15, 0.2) is 15.3 Å². The topological polar surface area (TPSA) is 75.6 Å². The van der Waals surface area contributed by atoms with Crippen molar-refractivity contribution in [3.63, 3.8) is 0 Å². The predicted molar refractivity (Wildman–Crippen MR) is 69.9 cm³/mol. The van der Waals surface area contributed by atoms with Gasteiger partial charge in [-0.2, -0.15) is 10.2 Å². The van der Waals surface area contributed by atoms with Gasteiger partial charge >= 0.3 is 0 Å².